The molecule has 1 unspecified atom stereocenters. The Hall–Kier alpha value is -3.10. The summed E-state index contributed by atoms with van der Waals surface area (Å²) in [7, 11) is -3.33. The van der Waals surface area contributed by atoms with Crippen molar-refractivity contribution in [3.8, 4) is 5.75 Å². The monoisotopic (exact) mass is 483 g/mol. The predicted molar refractivity (Wildman–Crippen MR) is 144 cm³/mol. The summed E-state index contributed by atoms with van der Waals surface area (Å²) in [6, 6.07) is 28.5. The van der Waals surface area contributed by atoms with Crippen LogP contribution in [0.3, 0.4) is 0 Å². The van der Waals surface area contributed by atoms with Crippen molar-refractivity contribution in [1.29, 1.82) is 0 Å². The van der Waals surface area contributed by atoms with Crippen LogP contribution in [-0.4, -0.2) is 6.04 Å². The minimum atomic E-state index is -3.33. The lowest BCUT2D eigenvalue weighted by molar-refractivity contribution is 0.470. The van der Waals surface area contributed by atoms with Gasteiger partial charge in [-0.3, -0.25) is 4.57 Å². The third kappa shape index (κ3) is 3.44. The molecule has 1 heterocycles. The average molecular weight is 484 g/mol. The van der Waals surface area contributed by atoms with Crippen LogP contribution < -0.4 is 9.61 Å². The highest BCUT2D eigenvalue weighted by molar-refractivity contribution is 7.61. The fraction of sp³-hybridized carbons (Fsp3) is 0.103. The Kier molecular flexibility index (Phi) is 5.04. The third-order valence-electron chi connectivity index (χ3n) is 6.24. The molecule has 0 bridgehead atoms. The van der Waals surface area contributed by atoms with Gasteiger partial charge in [0.05, 0.1) is 0 Å². The fourth-order valence-corrected chi connectivity index (χ4v) is 7.10. The van der Waals surface area contributed by atoms with E-state index in [1.807, 2.05) is 62.4 Å². The highest BCUT2D eigenvalue weighted by atomic mass is 35.5. The van der Waals surface area contributed by atoms with E-state index in [0.29, 0.717) is 10.8 Å². The number of halogens is 1. The van der Waals surface area contributed by atoms with E-state index in [1.165, 1.54) is 0 Å². The number of nitrogens with one attached hydrogen (secondary N) is 1. The second-order valence-electron chi connectivity index (χ2n) is 8.98. The molecule has 1 aliphatic heterocycles. The van der Waals surface area contributed by atoms with Gasteiger partial charge in [-0.2, -0.15) is 0 Å². The Morgan fingerprint density at radius 3 is 2.35 bits per heavy atom. The van der Waals surface area contributed by atoms with E-state index in [1.54, 1.807) is 5.82 Å². The lowest BCUT2D eigenvalue weighted by atomic mass is 9.88. The van der Waals surface area contributed by atoms with E-state index in [4.69, 9.17) is 16.1 Å². The van der Waals surface area contributed by atoms with E-state index in [0.717, 1.165) is 49.0 Å². The van der Waals surface area contributed by atoms with Gasteiger partial charge in [-0.05, 0) is 58.5 Å². The maximum absolute atomic E-state index is 14.1. The molecule has 3 nitrogen and oxygen atoms in total. The SMILES string of the molecule is CC(C)NP1(=O)C=C(c2ccccc2)c2c(c3c4ccccc4ccc3c3cc(Cl)ccc23)O1. The van der Waals surface area contributed by atoms with Crippen LogP contribution in [0.2, 0.25) is 5.02 Å². The Labute approximate surface area is 203 Å². The van der Waals surface area contributed by atoms with Gasteiger partial charge in [-0.1, -0.05) is 84.4 Å². The van der Waals surface area contributed by atoms with Crippen LogP contribution in [0.15, 0.2) is 90.7 Å². The number of fused-ring (bicyclic) bond motifs is 8. The Morgan fingerprint density at radius 2 is 1.56 bits per heavy atom. The van der Waals surface area contributed by atoms with Gasteiger partial charge in [0.15, 0.2) is 0 Å². The Morgan fingerprint density at radius 1 is 0.824 bits per heavy atom. The summed E-state index contributed by atoms with van der Waals surface area (Å²) < 4.78 is 20.6. The summed E-state index contributed by atoms with van der Waals surface area (Å²) in [5, 5.41) is 10.1. The van der Waals surface area contributed by atoms with Crippen LogP contribution >= 0.6 is 19.1 Å². The first-order chi connectivity index (χ1) is 16.4. The van der Waals surface area contributed by atoms with E-state index in [9.17, 15) is 4.57 Å². The zero-order chi connectivity index (χ0) is 23.4. The van der Waals surface area contributed by atoms with E-state index >= 15 is 0 Å². The lowest BCUT2D eigenvalue weighted by Crippen LogP contribution is -2.23. The zero-order valence-corrected chi connectivity index (χ0v) is 20.5. The average Bonchev–Trinajstić information content (AvgIpc) is 2.83. The van der Waals surface area contributed by atoms with Crippen molar-refractivity contribution in [3.05, 3.63) is 107 Å². The molecule has 0 spiro atoms. The molecular weight excluding hydrogens is 461 g/mol. The van der Waals surface area contributed by atoms with Crippen LogP contribution in [0.1, 0.15) is 25.0 Å². The van der Waals surface area contributed by atoms with Gasteiger partial charge in [-0.15, -0.1) is 0 Å². The highest BCUT2D eigenvalue weighted by Gasteiger charge is 2.34. The number of rotatable bonds is 3. The van der Waals surface area contributed by atoms with Gasteiger partial charge in [-0.25, -0.2) is 5.09 Å². The van der Waals surface area contributed by atoms with Crippen molar-refractivity contribution in [3.63, 3.8) is 0 Å². The van der Waals surface area contributed by atoms with Crippen LogP contribution in [-0.2, 0) is 4.57 Å². The summed E-state index contributed by atoms with van der Waals surface area (Å²) in [5.41, 5.74) is 2.84. The molecular formula is C29H23ClNO2P. The van der Waals surface area contributed by atoms with Gasteiger partial charge in [0, 0.05) is 33.4 Å². The second kappa shape index (κ2) is 7.99. The van der Waals surface area contributed by atoms with E-state index in [2.05, 4.69) is 41.5 Å². The Bertz CT molecular complexity index is 1670. The maximum Gasteiger partial charge on any atom is 0.340 e. The van der Waals surface area contributed by atoms with Crippen molar-refractivity contribution in [2.75, 3.05) is 0 Å². The van der Waals surface area contributed by atoms with Crippen molar-refractivity contribution in [2.45, 2.75) is 19.9 Å². The standard InChI is InChI=1S/C29H23ClNO2P/c1-18(2)31-34(32)17-26(19-8-4-3-5-9-19)28-24-15-13-21(30)16-25(24)23-14-12-20-10-6-7-11-22(20)27(23)29(28)33-34/h3-18H,1-2H3,(H,31,32). The molecule has 0 aliphatic carbocycles. The summed E-state index contributed by atoms with van der Waals surface area (Å²) in [6.45, 7) is 3.95. The molecule has 5 aromatic carbocycles. The summed E-state index contributed by atoms with van der Waals surface area (Å²) >= 11 is 6.48. The molecule has 168 valence electrons. The first-order valence-corrected chi connectivity index (χ1v) is 13.4. The number of benzene rings is 5. The van der Waals surface area contributed by atoms with Gasteiger partial charge >= 0.3 is 7.52 Å². The molecule has 34 heavy (non-hydrogen) atoms. The van der Waals surface area contributed by atoms with Crippen molar-refractivity contribution in [2.24, 2.45) is 0 Å². The largest absolute Gasteiger partial charge is 0.429 e. The first-order valence-electron chi connectivity index (χ1n) is 11.4. The molecule has 0 radical (unpaired) electrons. The minimum absolute atomic E-state index is 0.0112. The van der Waals surface area contributed by atoms with Crippen molar-refractivity contribution in [1.82, 2.24) is 5.09 Å². The van der Waals surface area contributed by atoms with Crippen LogP contribution in [0.4, 0.5) is 0 Å². The third-order valence-corrected chi connectivity index (χ3v) is 8.41. The molecule has 5 aromatic rings. The van der Waals surface area contributed by atoms with Crippen molar-refractivity contribution < 1.29 is 9.09 Å². The number of hydrogen-bond acceptors (Lipinski definition) is 2. The van der Waals surface area contributed by atoms with Crippen LogP contribution in [0.5, 0.6) is 5.75 Å². The molecule has 1 N–H and O–H groups in total. The topological polar surface area (TPSA) is 38.3 Å². The van der Waals surface area contributed by atoms with Gasteiger partial charge in [0.1, 0.15) is 5.75 Å². The molecule has 0 aromatic heterocycles. The first kappa shape index (κ1) is 21.4. The van der Waals surface area contributed by atoms with Gasteiger partial charge < -0.3 is 4.52 Å². The maximum atomic E-state index is 14.1. The van der Waals surface area contributed by atoms with Gasteiger partial charge in [0.25, 0.3) is 0 Å². The molecule has 0 fully saturated rings. The number of hydrogen-bond donors (Lipinski definition) is 1. The minimum Gasteiger partial charge on any atom is -0.429 e. The molecule has 0 amide bonds. The van der Waals surface area contributed by atoms with Crippen LogP contribution in [0, 0.1) is 0 Å². The second-order valence-corrected chi connectivity index (χ2v) is 11.3. The predicted octanol–water partition coefficient (Wildman–Crippen LogP) is 8.77. The smallest absolute Gasteiger partial charge is 0.340 e. The van der Waals surface area contributed by atoms with Gasteiger partial charge in [0.2, 0.25) is 0 Å². The van der Waals surface area contributed by atoms with Crippen molar-refractivity contribution >= 4 is 57.0 Å². The zero-order valence-electron chi connectivity index (χ0n) is 18.9. The molecule has 0 saturated heterocycles. The lowest BCUT2D eigenvalue weighted by Gasteiger charge is -2.30. The van der Waals surface area contributed by atoms with E-state index in [-0.39, 0.29) is 6.04 Å². The molecule has 1 aliphatic rings. The summed E-state index contributed by atoms with van der Waals surface area (Å²) in [5.74, 6) is 2.44. The molecule has 5 heteroatoms. The summed E-state index contributed by atoms with van der Waals surface area (Å²) in [6.07, 6.45) is 0. The highest BCUT2D eigenvalue weighted by Crippen LogP contribution is 2.59. The Balaban J connectivity index is 1.84. The molecule has 1 atom stereocenters. The fourth-order valence-electron chi connectivity index (χ4n) is 4.96. The molecule has 6 rings (SSSR count). The normalized spacial score (nSPS) is 17.7. The van der Waals surface area contributed by atoms with Crippen LogP contribution in [0.25, 0.3) is 37.9 Å². The molecule has 0 saturated carbocycles. The quantitative estimate of drug-likeness (QED) is 0.206. The van der Waals surface area contributed by atoms with E-state index < -0.39 is 7.52 Å². The summed E-state index contributed by atoms with van der Waals surface area (Å²) in [4.78, 5) is 0.